The van der Waals surface area contributed by atoms with E-state index in [1.54, 1.807) is 0 Å². The molecule has 0 spiro atoms. The van der Waals surface area contributed by atoms with Crippen molar-refractivity contribution in [1.82, 2.24) is 4.98 Å². The van der Waals surface area contributed by atoms with Gasteiger partial charge in [-0.15, -0.1) is 0 Å². The van der Waals surface area contributed by atoms with E-state index in [0.29, 0.717) is 0 Å². The second kappa shape index (κ2) is 7.04. The van der Waals surface area contributed by atoms with E-state index >= 15 is 0 Å². The van der Waals surface area contributed by atoms with Gasteiger partial charge in [0.2, 0.25) is 0 Å². The van der Waals surface area contributed by atoms with Crippen molar-refractivity contribution in [3.05, 3.63) is 47.7 Å². The number of benzene rings is 1. The van der Waals surface area contributed by atoms with Gasteiger partial charge in [0.25, 0.3) is 0 Å². The number of carboxylic acids is 1. The predicted molar refractivity (Wildman–Crippen MR) is 84.2 cm³/mol. The number of carboxylic acid groups (broad SMARTS) is 1. The molecule has 0 aliphatic heterocycles. The molecule has 1 aromatic heterocycles. The fourth-order valence-electron chi connectivity index (χ4n) is 1.91. The van der Waals surface area contributed by atoms with E-state index in [1.807, 2.05) is 13.8 Å². The average Bonchev–Trinajstić information content (AvgIpc) is 2.52. The third kappa shape index (κ3) is 3.94. The van der Waals surface area contributed by atoms with Gasteiger partial charge >= 0.3 is 5.97 Å². The number of nitrogens with one attached hydrogen (secondary N) is 2. The first-order valence-corrected chi connectivity index (χ1v) is 7.13. The lowest BCUT2D eigenvalue weighted by Crippen LogP contribution is -2.17. The molecule has 122 valence electrons. The van der Waals surface area contributed by atoms with Gasteiger partial charge in [-0.05, 0) is 31.5 Å². The minimum Gasteiger partial charge on any atom is -0.478 e. The predicted octanol–water partition coefficient (Wildman–Crippen LogP) is 4.01. The summed E-state index contributed by atoms with van der Waals surface area (Å²) >= 11 is 0. The number of para-hydroxylation sites is 1. The molecule has 0 saturated heterocycles. The van der Waals surface area contributed by atoms with Crippen molar-refractivity contribution in [2.45, 2.75) is 26.3 Å². The Hall–Kier alpha value is -2.70. The van der Waals surface area contributed by atoms with Gasteiger partial charge in [0, 0.05) is 6.04 Å². The molecule has 0 saturated carbocycles. The van der Waals surface area contributed by atoms with Crippen molar-refractivity contribution in [2.24, 2.45) is 0 Å². The van der Waals surface area contributed by atoms with Crippen LogP contribution in [0.1, 0.15) is 30.6 Å². The van der Waals surface area contributed by atoms with E-state index in [0.717, 1.165) is 18.6 Å². The molecule has 0 aliphatic rings. The molecule has 7 heteroatoms. The van der Waals surface area contributed by atoms with Crippen LogP contribution >= 0.6 is 0 Å². The Bertz CT molecular complexity index is 702. The van der Waals surface area contributed by atoms with E-state index in [9.17, 15) is 18.7 Å². The molecular formula is C16H17F2N3O2. The number of halogens is 2. The van der Waals surface area contributed by atoms with Crippen LogP contribution in [-0.4, -0.2) is 22.1 Å². The highest BCUT2D eigenvalue weighted by atomic mass is 19.1. The third-order valence-electron chi connectivity index (χ3n) is 3.35. The summed E-state index contributed by atoms with van der Waals surface area (Å²) in [6.07, 6.45) is 2.12. The van der Waals surface area contributed by atoms with E-state index < -0.39 is 17.6 Å². The molecule has 1 atom stereocenters. The summed E-state index contributed by atoms with van der Waals surface area (Å²) in [4.78, 5) is 15.4. The van der Waals surface area contributed by atoms with Gasteiger partial charge in [0.15, 0.2) is 0 Å². The van der Waals surface area contributed by atoms with Crippen LogP contribution in [0.4, 0.5) is 26.0 Å². The number of pyridine rings is 1. The van der Waals surface area contributed by atoms with Gasteiger partial charge < -0.3 is 15.7 Å². The highest BCUT2D eigenvalue weighted by Crippen LogP contribution is 2.25. The molecule has 1 heterocycles. The Kier molecular flexibility index (Phi) is 5.10. The van der Waals surface area contributed by atoms with Gasteiger partial charge in [-0.3, -0.25) is 0 Å². The first kappa shape index (κ1) is 16.7. The highest BCUT2D eigenvalue weighted by molar-refractivity contribution is 5.94. The lowest BCUT2D eigenvalue weighted by Gasteiger charge is -2.15. The van der Waals surface area contributed by atoms with E-state index in [4.69, 9.17) is 0 Å². The van der Waals surface area contributed by atoms with Gasteiger partial charge in [0.05, 0.1) is 11.9 Å². The maximum absolute atomic E-state index is 13.6. The zero-order chi connectivity index (χ0) is 17.0. The SMILES string of the molecule is CCC(C)Nc1ncc(Nc2c(F)cccc2F)cc1C(=O)O. The summed E-state index contributed by atoms with van der Waals surface area (Å²) in [7, 11) is 0. The molecule has 1 unspecified atom stereocenters. The molecule has 2 aromatic rings. The summed E-state index contributed by atoms with van der Waals surface area (Å²) in [5, 5.41) is 14.8. The molecule has 23 heavy (non-hydrogen) atoms. The smallest absolute Gasteiger partial charge is 0.339 e. The second-order valence-corrected chi connectivity index (χ2v) is 5.10. The van der Waals surface area contributed by atoms with E-state index in [2.05, 4.69) is 15.6 Å². The summed E-state index contributed by atoms with van der Waals surface area (Å²) < 4.78 is 27.3. The topological polar surface area (TPSA) is 74.2 Å². The molecule has 0 aliphatic carbocycles. The monoisotopic (exact) mass is 321 g/mol. The van der Waals surface area contributed by atoms with Crippen molar-refractivity contribution in [3.63, 3.8) is 0 Å². The van der Waals surface area contributed by atoms with Gasteiger partial charge in [0.1, 0.15) is 28.7 Å². The van der Waals surface area contributed by atoms with Crippen LogP contribution in [0.2, 0.25) is 0 Å². The molecule has 0 radical (unpaired) electrons. The normalized spacial score (nSPS) is 11.8. The zero-order valence-electron chi connectivity index (χ0n) is 12.7. The molecule has 3 N–H and O–H groups in total. The Morgan fingerprint density at radius 2 is 2.00 bits per heavy atom. The Labute approximate surface area is 132 Å². The van der Waals surface area contributed by atoms with Crippen LogP contribution in [0, 0.1) is 11.6 Å². The molecule has 5 nitrogen and oxygen atoms in total. The Morgan fingerprint density at radius 3 is 2.57 bits per heavy atom. The van der Waals surface area contributed by atoms with Crippen LogP contribution in [0.15, 0.2) is 30.5 Å². The Balaban J connectivity index is 2.34. The molecule has 2 rings (SSSR count). The van der Waals surface area contributed by atoms with Crippen LogP contribution in [0.25, 0.3) is 0 Å². The van der Waals surface area contributed by atoms with Crippen molar-refractivity contribution in [2.75, 3.05) is 10.6 Å². The number of aromatic carboxylic acids is 1. The van der Waals surface area contributed by atoms with Crippen LogP contribution < -0.4 is 10.6 Å². The maximum atomic E-state index is 13.6. The lowest BCUT2D eigenvalue weighted by molar-refractivity contribution is 0.0697. The standard InChI is InChI=1S/C16H17F2N3O2/c1-3-9(2)20-15-11(16(22)23)7-10(8-19-15)21-14-12(17)5-4-6-13(14)18/h4-9,21H,3H2,1-2H3,(H,19,20)(H,22,23). The van der Waals surface area contributed by atoms with E-state index in [1.165, 1.54) is 18.3 Å². The van der Waals surface area contributed by atoms with Gasteiger partial charge in [-0.2, -0.15) is 0 Å². The number of carbonyl (C=O) groups is 1. The van der Waals surface area contributed by atoms with Crippen LogP contribution in [-0.2, 0) is 0 Å². The number of nitrogens with zero attached hydrogens (tertiary/aromatic N) is 1. The number of hydrogen-bond donors (Lipinski definition) is 3. The minimum absolute atomic E-state index is 0.0448. The molecule has 0 amide bonds. The zero-order valence-corrected chi connectivity index (χ0v) is 12.7. The maximum Gasteiger partial charge on any atom is 0.339 e. The second-order valence-electron chi connectivity index (χ2n) is 5.10. The summed E-state index contributed by atoms with van der Waals surface area (Å²) in [5.41, 5.74) is -0.249. The van der Waals surface area contributed by atoms with Crippen molar-refractivity contribution >= 4 is 23.2 Å². The minimum atomic E-state index is -1.18. The third-order valence-corrected chi connectivity index (χ3v) is 3.35. The fourth-order valence-corrected chi connectivity index (χ4v) is 1.91. The summed E-state index contributed by atoms with van der Waals surface area (Å²) in [5.74, 6) is -2.51. The lowest BCUT2D eigenvalue weighted by atomic mass is 10.2. The number of aromatic nitrogens is 1. The first-order chi connectivity index (χ1) is 10.9. The molecule has 1 aromatic carbocycles. The van der Waals surface area contributed by atoms with E-state index in [-0.39, 0.29) is 28.8 Å². The highest BCUT2D eigenvalue weighted by Gasteiger charge is 2.16. The average molecular weight is 321 g/mol. The quantitative estimate of drug-likeness (QED) is 0.749. The van der Waals surface area contributed by atoms with Crippen molar-refractivity contribution in [1.29, 1.82) is 0 Å². The molecule has 0 bridgehead atoms. The van der Waals surface area contributed by atoms with Gasteiger partial charge in [-0.1, -0.05) is 13.0 Å². The first-order valence-electron chi connectivity index (χ1n) is 7.13. The van der Waals surface area contributed by atoms with Crippen LogP contribution in [0.5, 0.6) is 0 Å². The number of anilines is 3. The Morgan fingerprint density at radius 1 is 1.35 bits per heavy atom. The fraction of sp³-hybridized carbons (Fsp3) is 0.250. The largest absolute Gasteiger partial charge is 0.478 e. The van der Waals surface area contributed by atoms with Crippen molar-refractivity contribution in [3.8, 4) is 0 Å². The van der Waals surface area contributed by atoms with Gasteiger partial charge in [-0.25, -0.2) is 18.6 Å². The van der Waals surface area contributed by atoms with Crippen molar-refractivity contribution < 1.29 is 18.7 Å². The molecular weight excluding hydrogens is 304 g/mol. The van der Waals surface area contributed by atoms with Crippen LogP contribution in [0.3, 0.4) is 0 Å². The summed E-state index contributed by atoms with van der Waals surface area (Å²) in [6, 6.07) is 4.79. The number of rotatable bonds is 6. The summed E-state index contributed by atoms with van der Waals surface area (Å²) in [6.45, 7) is 3.85. The number of hydrogen-bond acceptors (Lipinski definition) is 4. The molecule has 0 fully saturated rings.